The van der Waals surface area contributed by atoms with E-state index in [0.717, 1.165) is 0 Å². The highest BCUT2D eigenvalue weighted by molar-refractivity contribution is 6.09. The lowest BCUT2D eigenvalue weighted by atomic mass is 9.54. The first-order valence-corrected chi connectivity index (χ1v) is 16.6. The van der Waals surface area contributed by atoms with Crippen LogP contribution in [0.2, 0.25) is 0 Å². The SMILES string of the molecule is CC1(C)c2cc(-c3ccc(-n4c5ccccc5c5ccccc54)cc3)ccc2-c2c1ccc1c2C(C)(C)C(C)(C)c2ccccc2-1. The number of hydrogen-bond donors (Lipinski definition) is 0. The van der Waals surface area contributed by atoms with Crippen LogP contribution in [0.25, 0.3) is 60.9 Å². The van der Waals surface area contributed by atoms with Crippen molar-refractivity contribution >= 4 is 21.8 Å². The molecular formula is C45H39N. The third-order valence-corrected chi connectivity index (χ3v) is 12.0. The predicted octanol–water partition coefficient (Wildman–Crippen LogP) is 12.0. The van der Waals surface area contributed by atoms with Crippen molar-refractivity contribution in [3.8, 4) is 39.1 Å². The number of hydrogen-bond acceptors (Lipinski definition) is 0. The number of fused-ring (bicyclic) bond motifs is 10. The van der Waals surface area contributed by atoms with E-state index in [9.17, 15) is 0 Å². The van der Waals surface area contributed by atoms with Crippen molar-refractivity contribution < 1.29 is 0 Å². The van der Waals surface area contributed by atoms with Crippen LogP contribution < -0.4 is 0 Å². The van der Waals surface area contributed by atoms with Gasteiger partial charge in [0.05, 0.1) is 11.0 Å². The number of para-hydroxylation sites is 2. The average Bonchev–Trinajstić information content (AvgIpc) is 3.52. The van der Waals surface area contributed by atoms with E-state index in [0.29, 0.717) is 0 Å². The van der Waals surface area contributed by atoms with Crippen LogP contribution in [0.4, 0.5) is 0 Å². The molecule has 2 aliphatic carbocycles. The van der Waals surface area contributed by atoms with Crippen molar-refractivity contribution in [1.82, 2.24) is 4.57 Å². The lowest BCUT2D eigenvalue weighted by molar-refractivity contribution is 0.299. The second-order valence-corrected chi connectivity index (χ2v) is 15.0. The second kappa shape index (κ2) is 9.10. The van der Waals surface area contributed by atoms with Crippen molar-refractivity contribution in [1.29, 1.82) is 0 Å². The van der Waals surface area contributed by atoms with Crippen LogP contribution in [-0.2, 0) is 16.2 Å². The number of rotatable bonds is 2. The van der Waals surface area contributed by atoms with Crippen LogP contribution in [-0.4, -0.2) is 4.57 Å². The van der Waals surface area contributed by atoms with Crippen LogP contribution in [0.3, 0.4) is 0 Å². The third kappa shape index (κ3) is 3.41. The fraction of sp³-hybridized carbons (Fsp3) is 0.200. The van der Waals surface area contributed by atoms with Crippen LogP contribution in [0.5, 0.6) is 0 Å². The van der Waals surface area contributed by atoms with Gasteiger partial charge in [0.1, 0.15) is 0 Å². The molecule has 0 N–H and O–H groups in total. The van der Waals surface area contributed by atoms with E-state index in [-0.39, 0.29) is 16.2 Å². The molecule has 0 atom stereocenters. The first kappa shape index (κ1) is 27.4. The van der Waals surface area contributed by atoms with Crippen molar-refractivity contribution in [3.63, 3.8) is 0 Å². The van der Waals surface area contributed by atoms with Gasteiger partial charge in [-0.05, 0) is 91.4 Å². The molecule has 0 radical (unpaired) electrons. The Morgan fingerprint density at radius 2 is 1.02 bits per heavy atom. The standard InChI is InChI=1S/C45H39N/c1-43(2)37-26-25-34-31-13-7-10-16-36(31)44(3,4)45(5,6)42(34)41(37)35-24-21-29(27-38(35)43)28-19-22-30(23-20-28)46-39-17-11-8-14-32(39)33-15-9-12-18-40(33)46/h7-27H,1-6H3. The molecule has 0 unspecified atom stereocenters. The number of benzene rings is 6. The molecule has 0 saturated heterocycles. The molecule has 1 heterocycles. The van der Waals surface area contributed by atoms with E-state index < -0.39 is 0 Å². The summed E-state index contributed by atoms with van der Waals surface area (Å²) in [6.45, 7) is 14.6. The van der Waals surface area contributed by atoms with Gasteiger partial charge < -0.3 is 4.57 Å². The lowest BCUT2D eigenvalue weighted by Gasteiger charge is -2.49. The van der Waals surface area contributed by atoms with Crippen molar-refractivity contribution in [2.24, 2.45) is 0 Å². The summed E-state index contributed by atoms with van der Waals surface area (Å²) in [6, 6.07) is 47.7. The highest BCUT2D eigenvalue weighted by atomic mass is 15.0. The maximum absolute atomic E-state index is 2.46. The van der Waals surface area contributed by atoms with Gasteiger partial charge in [-0.2, -0.15) is 0 Å². The summed E-state index contributed by atoms with van der Waals surface area (Å²) in [4.78, 5) is 0. The van der Waals surface area contributed by atoms with Gasteiger partial charge in [0.2, 0.25) is 0 Å². The Morgan fingerprint density at radius 1 is 0.435 bits per heavy atom. The summed E-state index contributed by atoms with van der Waals surface area (Å²) >= 11 is 0. The molecule has 7 aromatic rings. The highest BCUT2D eigenvalue weighted by Crippen LogP contribution is 2.61. The van der Waals surface area contributed by atoms with Gasteiger partial charge in [-0.1, -0.05) is 139 Å². The van der Waals surface area contributed by atoms with Gasteiger partial charge in [-0.15, -0.1) is 0 Å². The zero-order valence-corrected chi connectivity index (χ0v) is 27.6. The van der Waals surface area contributed by atoms with Gasteiger partial charge in [0.25, 0.3) is 0 Å². The quantitative estimate of drug-likeness (QED) is 0.188. The first-order chi connectivity index (χ1) is 22.1. The molecule has 2 aliphatic rings. The zero-order valence-electron chi connectivity index (χ0n) is 27.6. The summed E-state index contributed by atoms with van der Waals surface area (Å²) in [5, 5.41) is 2.58. The number of nitrogens with zero attached hydrogens (tertiary/aromatic N) is 1. The third-order valence-electron chi connectivity index (χ3n) is 12.0. The normalized spacial score (nSPS) is 16.6. The first-order valence-electron chi connectivity index (χ1n) is 16.6. The van der Waals surface area contributed by atoms with Crippen LogP contribution in [0.1, 0.15) is 63.8 Å². The largest absolute Gasteiger partial charge is 0.309 e. The molecule has 0 aliphatic heterocycles. The van der Waals surface area contributed by atoms with Gasteiger partial charge in [-0.25, -0.2) is 0 Å². The Labute approximate surface area is 272 Å². The van der Waals surface area contributed by atoms with Crippen molar-refractivity contribution in [2.75, 3.05) is 0 Å². The second-order valence-electron chi connectivity index (χ2n) is 15.0. The van der Waals surface area contributed by atoms with Gasteiger partial charge >= 0.3 is 0 Å². The summed E-state index contributed by atoms with van der Waals surface area (Å²) in [5.41, 5.74) is 17.5. The van der Waals surface area contributed by atoms with E-state index in [1.54, 1.807) is 0 Å². The lowest BCUT2D eigenvalue weighted by Crippen LogP contribution is -2.44. The van der Waals surface area contributed by atoms with Crippen molar-refractivity contribution in [2.45, 2.75) is 57.8 Å². The molecule has 0 fully saturated rings. The van der Waals surface area contributed by atoms with E-state index >= 15 is 0 Å². The molecule has 46 heavy (non-hydrogen) atoms. The van der Waals surface area contributed by atoms with Crippen molar-refractivity contribution in [3.05, 3.63) is 150 Å². The molecule has 0 amide bonds. The van der Waals surface area contributed by atoms with Crippen LogP contribution in [0, 0.1) is 0 Å². The maximum atomic E-state index is 2.46. The smallest absolute Gasteiger partial charge is 0.0541 e. The maximum Gasteiger partial charge on any atom is 0.0541 e. The minimum Gasteiger partial charge on any atom is -0.309 e. The molecule has 0 bridgehead atoms. The predicted molar refractivity (Wildman–Crippen MR) is 195 cm³/mol. The zero-order chi connectivity index (χ0) is 31.6. The van der Waals surface area contributed by atoms with Gasteiger partial charge in [0, 0.05) is 27.3 Å². The highest BCUT2D eigenvalue weighted by Gasteiger charge is 2.49. The Morgan fingerprint density at radius 3 is 1.72 bits per heavy atom. The Kier molecular flexibility index (Phi) is 5.43. The molecular weight excluding hydrogens is 555 g/mol. The van der Waals surface area contributed by atoms with E-state index in [1.807, 2.05) is 0 Å². The fourth-order valence-electron chi connectivity index (χ4n) is 8.80. The minimum atomic E-state index is -0.0875. The molecule has 0 saturated carbocycles. The monoisotopic (exact) mass is 593 g/mol. The minimum absolute atomic E-state index is 0.00330. The van der Waals surface area contributed by atoms with E-state index in [2.05, 4.69) is 174 Å². The average molecular weight is 594 g/mol. The molecule has 0 spiro atoms. The Hall–Kier alpha value is -4.88. The van der Waals surface area contributed by atoms with Crippen LogP contribution >= 0.6 is 0 Å². The van der Waals surface area contributed by atoms with E-state index in [1.165, 1.54) is 83.1 Å². The topological polar surface area (TPSA) is 4.93 Å². The molecule has 9 rings (SSSR count). The molecule has 1 nitrogen and oxygen atoms in total. The Bertz CT molecular complexity index is 2320. The van der Waals surface area contributed by atoms with Crippen LogP contribution in [0.15, 0.2) is 127 Å². The summed E-state index contributed by atoms with van der Waals surface area (Å²) in [5.74, 6) is 0. The summed E-state index contributed by atoms with van der Waals surface area (Å²) in [7, 11) is 0. The Balaban J connectivity index is 1.18. The van der Waals surface area contributed by atoms with Gasteiger partial charge in [0.15, 0.2) is 0 Å². The fourth-order valence-corrected chi connectivity index (χ4v) is 8.80. The molecule has 1 aromatic heterocycles. The number of aromatic nitrogens is 1. The molecule has 224 valence electrons. The summed E-state index contributed by atoms with van der Waals surface area (Å²) < 4.78 is 2.39. The van der Waals surface area contributed by atoms with E-state index in [4.69, 9.17) is 0 Å². The van der Waals surface area contributed by atoms with Gasteiger partial charge in [-0.3, -0.25) is 0 Å². The summed E-state index contributed by atoms with van der Waals surface area (Å²) in [6.07, 6.45) is 0. The molecule has 1 heteroatoms. The molecule has 6 aromatic carbocycles.